The van der Waals surface area contributed by atoms with Crippen LogP contribution in [0.5, 0.6) is 0 Å². The number of piperazine rings is 1. The smallest absolute Gasteiger partial charge is 0.0207 e. The average molecular weight is 219 g/mol. The van der Waals surface area contributed by atoms with Crippen LogP contribution in [0.2, 0.25) is 0 Å². The second kappa shape index (κ2) is 7.48. The van der Waals surface area contributed by atoms with Gasteiger partial charge in [-0.1, -0.05) is 0 Å². The molecule has 0 bridgehead atoms. The van der Waals surface area contributed by atoms with Crippen molar-refractivity contribution in [3.8, 4) is 0 Å². The highest BCUT2D eigenvalue weighted by molar-refractivity contribution is 7.93. The lowest BCUT2D eigenvalue weighted by Gasteiger charge is -2.34. The quantitative estimate of drug-likeness (QED) is 0.492. The minimum absolute atomic E-state index is 0.765. The minimum Gasteiger partial charge on any atom is -0.330 e. The molecule has 0 unspecified atom stereocenters. The molecule has 0 aromatic heterocycles. The number of nitrogens with two attached hydrogens (primary N) is 1. The summed E-state index contributed by atoms with van der Waals surface area (Å²) in [4.78, 5) is 4.88. The van der Waals surface area contributed by atoms with Crippen molar-refractivity contribution in [1.29, 1.82) is 0 Å². The normalized spacial score (nSPS) is 20.1. The standard InChI is InChI=1S/C9H21N3OS/c10-2-4-12-7-5-11(6-8-12)3-1-9-14-13/h13H,1-10H2. The van der Waals surface area contributed by atoms with E-state index in [2.05, 4.69) is 9.80 Å². The van der Waals surface area contributed by atoms with Gasteiger partial charge in [-0.3, -0.25) is 4.90 Å². The highest BCUT2D eigenvalue weighted by Crippen LogP contribution is 2.03. The highest BCUT2D eigenvalue weighted by Gasteiger charge is 2.14. The predicted molar refractivity (Wildman–Crippen MR) is 61.6 cm³/mol. The Bertz CT molecular complexity index is 140. The zero-order chi connectivity index (χ0) is 10.2. The largest absolute Gasteiger partial charge is 0.330 e. The molecule has 0 amide bonds. The van der Waals surface area contributed by atoms with E-state index in [1.165, 1.54) is 0 Å². The van der Waals surface area contributed by atoms with Gasteiger partial charge in [-0.15, -0.1) is 0 Å². The molecule has 0 atom stereocenters. The molecular weight excluding hydrogens is 198 g/mol. The molecule has 14 heavy (non-hydrogen) atoms. The predicted octanol–water partition coefficient (Wildman–Crippen LogP) is 0.159. The van der Waals surface area contributed by atoms with Gasteiger partial charge in [0.1, 0.15) is 0 Å². The van der Waals surface area contributed by atoms with Crippen molar-refractivity contribution < 1.29 is 4.55 Å². The average Bonchev–Trinajstić information content (AvgIpc) is 2.21. The van der Waals surface area contributed by atoms with E-state index < -0.39 is 0 Å². The van der Waals surface area contributed by atoms with E-state index >= 15 is 0 Å². The summed E-state index contributed by atoms with van der Waals surface area (Å²) in [6, 6.07) is 0. The lowest BCUT2D eigenvalue weighted by molar-refractivity contribution is 0.135. The fraction of sp³-hybridized carbons (Fsp3) is 1.00. The van der Waals surface area contributed by atoms with E-state index in [1.807, 2.05) is 0 Å². The van der Waals surface area contributed by atoms with Gasteiger partial charge in [-0.2, -0.15) is 0 Å². The fourth-order valence-corrected chi connectivity index (χ4v) is 2.03. The van der Waals surface area contributed by atoms with E-state index in [0.717, 1.165) is 70.0 Å². The number of hydrogen-bond donors (Lipinski definition) is 2. The topological polar surface area (TPSA) is 52.7 Å². The molecule has 1 saturated heterocycles. The highest BCUT2D eigenvalue weighted by atomic mass is 32.2. The van der Waals surface area contributed by atoms with Crippen LogP contribution in [0.1, 0.15) is 6.42 Å². The van der Waals surface area contributed by atoms with Crippen LogP contribution in [0.3, 0.4) is 0 Å². The van der Waals surface area contributed by atoms with Crippen LogP contribution in [0, 0.1) is 0 Å². The SMILES string of the molecule is NCCN1CCN(CCCSO)CC1. The first-order chi connectivity index (χ1) is 6.86. The van der Waals surface area contributed by atoms with Gasteiger partial charge in [-0.25, -0.2) is 0 Å². The van der Waals surface area contributed by atoms with Gasteiger partial charge in [-0.05, 0) is 25.0 Å². The first-order valence-electron chi connectivity index (χ1n) is 5.28. The van der Waals surface area contributed by atoms with Crippen molar-refractivity contribution in [1.82, 2.24) is 9.80 Å². The van der Waals surface area contributed by atoms with Crippen molar-refractivity contribution in [2.75, 3.05) is 51.6 Å². The van der Waals surface area contributed by atoms with Gasteiger partial charge in [0.15, 0.2) is 0 Å². The van der Waals surface area contributed by atoms with Crippen LogP contribution in [0.4, 0.5) is 0 Å². The molecular formula is C9H21N3OS. The molecule has 1 rings (SSSR count). The first kappa shape index (κ1) is 12.3. The molecule has 4 nitrogen and oxygen atoms in total. The lowest BCUT2D eigenvalue weighted by Crippen LogP contribution is -2.47. The summed E-state index contributed by atoms with van der Waals surface area (Å²) >= 11 is 0.945. The van der Waals surface area contributed by atoms with Gasteiger partial charge < -0.3 is 15.2 Å². The summed E-state index contributed by atoms with van der Waals surface area (Å²) < 4.78 is 8.58. The Morgan fingerprint density at radius 1 is 1.07 bits per heavy atom. The Kier molecular flexibility index (Phi) is 6.55. The van der Waals surface area contributed by atoms with Crippen molar-refractivity contribution in [3.63, 3.8) is 0 Å². The van der Waals surface area contributed by atoms with Crippen molar-refractivity contribution >= 4 is 12.0 Å². The number of nitrogens with zero attached hydrogens (tertiary/aromatic N) is 2. The summed E-state index contributed by atoms with van der Waals surface area (Å²) in [6.45, 7) is 7.49. The summed E-state index contributed by atoms with van der Waals surface area (Å²) in [5, 5.41) is 0. The summed E-state index contributed by atoms with van der Waals surface area (Å²) in [7, 11) is 0. The van der Waals surface area contributed by atoms with Gasteiger partial charge >= 0.3 is 0 Å². The molecule has 1 heterocycles. The molecule has 84 valence electrons. The molecule has 0 aromatic carbocycles. The zero-order valence-corrected chi connectivity index (χ0v) is 9.51. The third-order valence-electron chi connectivity index (χ3n) is 2.62. The maximum absolute atomic E-state index is 8.58. The summed E-state index contributed by atoms with van der Waals surface area (Å²) in [6.07, 6.45) is 1.08. The molecule has 5 heteroatoms. The van der Waals surface area contributed by atoms with E-state index in [4.69, 9.17) is 10.3 Å². The van der Waals surface area contributed by atoms with Crippen molar-refractivity contribution in [2.24, 2.45) is 5.73 Å². The molecule has 3 N–H and O–H groups in total. The third-order valence-corrected chi connectivity index (χ3v) is 3.09. The maximum atomic E-state index is 8.58. The second-order valence-corrected chi connectivity index (χ2v) is 4.33. The molecule has 0 aromatic rings. The number of rotatable bonds is 6. The minimum atomic E-state index is 0.765. The second-order valence-electron chi connectivity index (χ2n) is 3.66. The Hall–Kier alpha value is 0.190. The van der Waals surface area contributed by atoms with Crippen LogP contribution in [0.15, 0.2) is 0 Å². The van der Waals surface area contributed by atoms with E-state index in [1.54, 1.807) is 0 Å². The monoisotopic (exact) mass is 219 g/mol. The Morgan fingerprint density at radius 3 is 2.14 bits per heavy atom. The first-order valence-corrected chi connectivity index (χ1v) is 6.22. The van der Waals surface area contributed by atoms with Crippen LogP contribution in [-0.4, -0.2) is 65.9 Å². The molecule has 1 aliphatic rings. The summed E-state index contributed by atoms with van der Waals surface area (Å²) in [5.41, 5.74) is 5.51. The van der Waals surface area contributed by atoms with E-state index in [9.17, 15) is 0 Å². The number of hydrogen-bond acceptors (Lipinski definition) is 5. The zero-order valence-electron chi connectivity index (χ0n) is 8.69. The van der Waals surface area contributed by atoms with E-state index in [-0.39, 0.29) is 0 Å². The van der Waals surface area contributed by atoms with Crippen molar-refractivity contribution in [3.05, 3.63) is 0 Å². The third kappa shape index (κ3) is 4.61. The maximum Gasteiger partial charge on any atom is 0.0207 e. The lowest BCUT2D eigenvalue weighted by atomic mass is 10.3. The van der Waals surface area contributed by atoms with Crippen LogP contribution < -0.4 is 5.73 Å². The van der Waals surface area contributed by atoms with Crippen LogP contribution in [-0.2, 0) is 0 Å². The van der Waals surface area contributed by atoms with Crippen LogP contribution in [0.25, 0.3) is 0 Å². The molecule has 0 saturated carbocycles. The fourth-order valence-electron chi connectivity index (χ4n) is 1.77. The molecule has 0 aliphatic carbocycles. The van der Waals surface area contributed by atoms with E-state index in [0.29, 0.717) is 0 Å². The van der Waals surface area contributed by atoms with Crippen LogP contribution >= 0.6 is 12.0 Å². The molecule has 1 fully saturated rings. The Balaban J connectivity index is 2.03. The molecule has 0 radical (unpaired) electrons. The van der Waals surface area contributed by atoms with Crippen molar-refractivity contribution in [2.45, 2.75) is 6.42 Å². The van der Waals surface area contributed by atoms with Gasteiger partial charge in [0.2, 0.25) is 0 Å². The van der Waals surface area contributed by atoms with Gasteiger partial charge in [0.25, 0.3) is 0 Å². The van der Waals surface area contributed by atoms with Gasteiger partial charge in [0.05, 0.1) is 0 Å². The molecule has 0 spiro atoms. The summed E-state index contributed by atoms with van der Waals surface area (Å²) in [5.74, 6) is 0.850. The van der Waals surface area contributed by atoms with Gasteiger partial charge in [0, 0.05) is 45.0 Å². The molecule has 1 aliphatic heterocycles. The Labute approximate surface area is 90.6 Å². The Morgan fingerprint density at radius 2 is 1.64 bits per heavy atom.